The fourth-order valence-electron chi connectivity index (χ4n) is 5.70. The molecule has 5 rings (SSSR count). The standard InChI is InChI=1S/C24H36N6O3/c1-31-19-9-10-22(32-2)21(16-19)23(24-25-26-27-30(24)17-20-8-5-15-33-20)29-13-11-28(12-14-29)18-6-3-4-7-18/h9-10,16,18,20,23H,3-8,11-15,17H2,1-2H3/t20-,23+/m0/s1. The summed E-state index contributed by atoms with van der Waals surface area (Å²) in [6.07, 6.45) is 7.73. The second-order valence-corrected chi connectivity index (χ2v) is 9.37. The minimum atomic E-state index is -0.114. The number of tetrazole rings is 1. The Labute approximate surface area is 196 Å². The van der Waals surface area contributed by atoms with E-state index in [-0.39, 0.29) is 12.1 Å². The van der Waals surface area contributed by atoms with E-state index in [2.05, 4.69) is 31.4 Å². The van der Waals surface area contributed by atoms with Crippen LogP contribution in [0.5, 0.6) is 11.5 Å². The number of hydrogen-bond donors (Lipinski definition) is 0. The number of aromatic nitrogens is 4. The lowest BCUT2D eigenvalue weighted by Crippen LogP contribution is -2.51. The van der Waals surface area contributed by atoms with E-state index in [1.165, 1.54) is 25.7 Å². The van der Waals surface area contributed by atoms with Gasteiger partial charge in [0.15, 0.2) is 5.82 Å². The Morgan fingerprint density at radius 1 is 1.03 bits per heavy atom. The van der Waals surface area contributed by atoms with Crippen molar-refractivity contribution in [3.63, 3.8) is 0 Å². The molecule has 180 valence electrons. The van der Waals surface area contributed by atoms with Crippen LogP contribution in [0.2, 0.25) is 0 Å². The summed E-state index contributed by atoms with van der Waals surface area (Å²) in [5.74, 6) is 2.47. The van der Waals surface area contributed by atoms with Crippen molar-refractivity contribution in [2.75, 3.05) is 47.0 Å². The summed E-state index contributed by atoms with van der Waals surface area (Å²) in [6.45, 7) is 5.57. The van der Waals surface area contributed by atoms with Crippen LogP contribution in [-0.4, -0.2) is 89.2 Å². The van der Waals surface area contributed by atoms with Gasteiger partial charge in [0.2, 0.25) is 0 Å². The van der Waals surface area contributed by atoms with Crippen LogP contribution in [-0.2, 0) is 11.3 Å². The smallest absolute Gasteiger partial charge is 0.173 e. The van der Waals surface area contributed by atoms with Gasteiger partial charge in [-0.15, -0.1) is 5.10 Å². The van der Waals surface area contributed by atoms with Crippen LogP contribution in [0.15, 0.2) is 18.2 Å². The third kappa shape index (κ3) is 4.85. The Kier molecular flexibility index (Phi) is 7.08. The maximum Gasteiger partial charge on any atom is 0.173 e. The molecule has 33 heavy (non-hydrogen) atoms. The minimum Gasteiger partial charge on any atom is -0.497 e. The fraction of sp³-hybridized carbons (Fsp3) is 0.708. The highest BCUT2D eigenvalue weighted by atomic mass is 16.5. The van der Waals surface area contributed by atoms with E-state index in [4.69, 9.17) is 14.2 Å². The van der Waals surface area contributed by atoms with Crippen molar-refractivity contribution < 1.29 is 14.2 Å². The number of benzene rings is 1. The van der Waals surface area contributed by atoms with E-state index < -0.39 is 0 Å². The fourth-order valence-corrected chi connectivity index (χ4v) is 5.70. The normalized spacial score (nSPS) is 23.8. The van der Waals surface area contributed by atoms with E-state index in [9.17, 15) is 0 Å². The largest absolute Gasteiger partial charge is 0.497 e. The molecule has 1 saturated carbocycles. The van der Waals surface area contributed by atoms with Crippen molar-refractivity contribution in [1.29, 1.82) is 0 Å². The number of ether oxygens (including phenoxy) is 3. The first kappa shape index (κ1) is 22.6. The average molecular weight is 457 g/mol. The van der Waals surface area contributed by atoms with Gasteiger partial charge >= 0.3 is 0 Å². The number of hydrogen-bond acceptors (Lipinski definition) is 8. The second kappa shape index (κ2) is 10.4. The molecule has 2 aromatic rings. The zero-order valence-electron chi connectivity index (χ0n) is 19.9. The third-order valence-electron chi connectivity index (χ3n) is 7.49. The van der Waals surface area contributed by atoms with Crippen molar-refractivity contribution in [2.45, 2.75) is 63.3 Å². The van der Waals surface area contributed by atoms with Gasteiger partial charge in [-0.25, -0.2) is 4.68 Å². The molecule has 3 heterocycles. The molecule has 1 aromatic carbocycles. The molecule has 3 fully saturated rings. The van der Waals surface area contributed by atoms with Crippen LogP contribution < -0.4 is 9.47 Å². The molecule has 3 aliphatic rings. The first-order chi connectivity index (χ1) is 16.3. The van der Waals surface area contributed by atoms with E-state index in [0.29, 0.717) is 6.54 Å². The lowest BCUT2D eigenvalue weighted by molar-refractivity contribution is 0.0714. The lowest BCUT2D eigenvalue weighted by atomic mass is 10.0. The molecule has 0 N–H and O–H groups in total. The third-order valence-corrected chi connectivity index (χ3v) is 7.49. The Morgan fingerprint density at radius 2 is 1.85 bits per heavy atom. The van der Waals surface area contributed by atoms with Crippen LogP contribution in [0.1, 0.15) is 56.0 Å². The van der Waals surface area contributed by atoms with E-state index in [1.807, 2.05) is 16.8 Å². The van der Waals surface area contributed by atoms with E-state index in [1.54, 1.807) is 14.2 Å². The molecule has 1 aliphatic carbocycles. The quantitative estimate of drug-likeness (QED) is 0.600. The highest BCUT2D eigenvalue weighted by Crippen LogP contribution is 2.37. The SMILES string of the molecule is COc1ccc(OC)c([C@H](c2nnnn2C[C@@H]2CCCO2)N2CCN(C3CCCC3)CC2)c1. The Bertz CT molecular complexity index is 901. The predicted octanol–water partition coefficient (Wildman–Crippen LogP) is 2.52. The molecule has 0 bridgehead atoms. The van der Waals surface area contributed by atoms with Gasteiger partial charge in [-0.1, -0.05) is 12.8 Å². The number of piperazine rings is 1. The molecule has 9 nitrogen and oxygen atoms in total. The number of methoxy groups -OCH3 is 2. The van der Waals surface area contributed by atoms with Crippen molar-refractivity contribution in [1.82, 2.24) is 30.0 Å². The Morgan fingerprint density at radius 3 is 2.55 bits per heavy atom. The first-order valence-corrected chi connectivity index (χ1v) is 12.3. The van der Waals surface area contributed by atoms with Gasteiger partial charge in [0.05, 0.1) is 26.9 Å². The summed E-state index contributed by atoms with van der Waals surface area (Å²) in [6, 6.07) is 6.62. The maximum atomic E-state index is 5.88. The van der Waals surface area contributed by atoms with E-state index >= 15 is 0 Å². The Balaban J connectivity index is 1.45. The van der Waals surface area contributed by atoms with Crippen molar-refractivity contribution in [3.8, 4) is 11.5 Å². The Hall–Kier alpha value is -2.23. The van der Waals surface area contributed by atoms with Gasteiger partial charge in [-0.2, -0.15) is 0 Å². The van der Waals surface area contributed by atoms with Gasteiger partial charge in [0, 0.05) is 44.4 Å². The lowest BCUT2D eigenvalue weighted by Gasteiger charge is -2.41. The highest BCUT2D eigenvalue weighted by Gasteiger charge is 2.35. The molecule has 2 aliphatic heterocycles. The predicted molar refractivity (Wildman–Crippen MR) is 124 cm³/mol. The number of nitrogens with zero attached hydrogens (tertiary/aromatic N) is 6. The number of rotatable bonds is 8. The summed E-state index contributed by atoms with van der Waals surface area (Å²) in [4.78, 5) is 5.18. The van der Waals surface area contributed by atoms with Crippen LogP contribution in [0.4, 0.5) is 0 Å². The summed E-state index contributed by atoms with van der Waals surface area (Å²) in [5.41, 5.74) is 1.04. The second-order valence-electron chi connectivity index (χ2n) is 9.37. The average Bonchev–Trinajstić information content (AvgIpc) is 3.64. The zero-order valence-corrected chi connectivity index (χ0v) is 19.9. The maximum absolute atomic E-state index is 5.88. The molecule has 2 saturated heterocycles. The molecule has 1 aromatic heterocycles. The molecular formula is C24H36N6O3. The first-order valence-electron chi connectivity index (χ1n) is 12.3. The van der Waals surface area contributed by atoms with Crippen molar-refractivity contribution in [2.24, 2.45) is 0 Å². The molecule has 0 radical (unpaired) electrons. The van der Waals surface area contributed by atoms with Gasteiger partial charge in [-0.3, -0.25) is 9.80 Å². The van der Waals surface area contributed by atoms with Gasteiger partial charge in [-0.05, 0) is 54.3 Å². The monoisotopic (exact) mass is 456 g/mol. The summed E-state index contributed by atoms with van der Waals surface area (Å²) < 4.78 is 19.2. The topological polar surface area (TPSA) is 77.8 Å². The highest BCUT2D eigenvalue weighted by molar-refractivity contribution is 5.44. The van der Waals surface area contributed by atoms with Crippen LogP contribution in [0.25, 0.3) is 0 Å². The summed E-state index contributed by atoms with van der Waals surface area (Å²) in [7, 11) is 3.41. The summed E-state index contributed by atoms with van der Waals surface area (Å²) >= 11 is 0. The van der Waals surface area contributed by atoms with E-state index in [0.717, 1.165) is 74.6 Å². The molecule has 9 heteroatoms. The minimum absolute atomic E-state index is 0.114. The van der Waals surface area contributed by atoms with Crippen LogP contribution in [0.3, 0.4) is 0 Å². The van der Waals surface area contributed by atoms with Crippen molar-refractivity contribution in [3.05, 3.63) is 29.6 Å². The summed E-state index contributed by atoms with van der Waals surface area (Å²) in [5, 5.41) is 13.0. The van der Waals surface area contributed by atoms with Gasteiger partial charge in [0.25, 0.3) is 0 Å². The van der Waals surface area contributed by atoms with Crippen LogP contribution >= 0.6 is 0 Å². The molecular weight excluding hydrogens is 420 g/mol. The molecule has 0 unspecified atom stereocenters. The molecule has 0 spiro atoms. The van der Waals surface area contributed by atoms with Crippen molar-refractivity contribution >= 4 is 0 Å². The van der Waals surface area contributed by atoms with Gasteiger partial charge in [0.1, 0.15) is 17.5 Å². The zero-order chi connectivity index (χ0) is 22.6. The molecule has 2 atom stereocenters. The molecule has 0 amide bonds. The van der Waals surface area contributed by atoms with Gasteiger partial charge < -0.3 is 14.2 Å². The van der Waals surface area contributed by atoms with Crippen LogP contribution in [0, 0.1) is 0 Å².